The van der Waals surface area contributed by atoms with Crippen molar-refractivity contribution in [2.24, 2.45) is 0 Å². The zero-order valence-electron chi connectivity index (χ0n) is 32.5. The van der Waals surface area contributed by atoms with Crippen LogP contribution in [-0.2, 0) is 31.0 Å². The summed E-state index contributed by atoms with van der Waals surface area (Å²) in [6.45, 7) is 4.50. The fourth-order valence-corrected chi connectivity index (χ4v) is 5.78. The van der Waals surface area contributed by atoms with Crippen LogP contribution in [0.15, 0.2) is 41.3 Å². The van der Waals surface area contributed by atoms with Gasteiger partial charge in [0.05, 0.1) is 51.8 Å². The number of benzene rings is 2. The number of nitrogens with one attached hydrogen (secondary N) is 6. The molecule has 0 aliphatic heterocycles. The summed E-state index contributed by atoms with van der Waals surface area (Å²) in [7, 11) is -4.82. The van der Waals surface area contributed by atoms with Crippen LogP contribution in [-0.4, -0.2) is 150 Å². The maximum absolute atomic E-state index is 12.6. The topological polar surface area (TPSA) is 350 Å². The van der Waals surface area contributed by atoms with Gasteiger partial charge in [-0.25, -0.2) is 0 Å². The number of hydrogen-bond acceptors (Lipinski definition) is 22. The summed E-state index contributed by atoms with van der Waals surface area (Å²) in [4.78, 5) is 25.2. The van der Waals surface area contributed by atoms with E-state index < -0.39 is 38.6 Å². The molecule has 0 fully saturated rings. The minimum atomic E-state index is -4.82. The lowest BCUT2D eigenvalue weighted by Crippen LogP contribution is -2.19. The third kappa shape index (κ3) is 16.7. The fourth-order valence-electron chi connectivity index (χ4n) is 4.77. The largest absolute Gasteiger partial charge is 0.394 e. The van der Waals surface area contributed by atoms with Crippen LogP contribution in [0.3, 0.4) is 0 Å². The van der Waals surface area contributed by atoms with E-state index in [2.05, 4.69) is 61.8 Å². The molecule has 24 nitrogen and oxygen atoms in total. The lowest BCUT2D eigenvalue weighted by molar-refractivity contribution is 0.0991. The molecule has 3 unspecified atom stereocenters. The number of nitrogens with zero attached hydrogens (tertiary/aromatic N) is 6. The Labute approximate surface area is 347 Å². The summed E-state index contributed by atoms with van der Waals surface area (Å²) in [6, 6.07) is 8.48. The van der Waals surface area contributed by atoms with E-state index in [1.807, 2.05) is 0 Å². The first kappa shape index (κ1) is 47.3. The Kier molecular flexibility index (Phi) is 18.9. The third-order valence-electron chi connectivity index (χ3n) is 7.33. The van der Waals surface area contributed by atoms with E-state index in [-0.39, 0.29) is 118 Å². The maximum atomic E-state index is 12.6. The highest BCUT2D eigenvalue weighted by molar-refractivity contribution is 7.86. The predicted molar refractivity (Wildman–Crippen MR) is 222 cm³/mol. The normalized spacial score (nSPS) is 13.1. The van der Waals surface area contributed by atoms with E-state index in [1.54, 1.807) is 19.9 Å². The summed E-state index contributed by atoms with van der Waals surface area (Å²) in [5.41, 5.74) is 0.736. The molecule has 2 aromatic heterocycles. The van der Waals surface area contributed by atoms with Crippen molar-refractivity contribution in [1.29, 1.82) is 0 Å². The molecule has 0 spiro atoms. The smallest absolute Gasteiger partial charge is 0.357 e. The summed E-state index contributed by atoms with van der Waals surface area (Å²) in [5, 5.41) is 54.8. The van der Waals surface area contributed by atoms with Crippen molar-refractivity contribution in [2.45, 2.75) is 31.0 Å². The molecule has 0 bridgehead atoms. The molecule has 0 aliphatic carbocycles. The molecule has 3 atom stereocenters. The molecule has 328 valence electrons. The van der Waals surface area contributed by atoms with Crippen LogP contribution in [0.1, 0.15) is 25.0 Å². The van der Waals surface area contributed by atoms with Crippen molar-refractivity contribution < 1.29 is 55.8 Å². The number of hydrogen-bond donors (Lipinski definition) is 12. The third-order valence-corrected chi connectivity index (χ3v) is 8.56. The fraction of sp³-hybridized carbons (Fsp3) is 0.412. The van der Waals surface area contributed by atoms with Gasteiger partial charge in [0.2, 0.25) is 35.7 Å². The zero-order valence-corrected chi connectivity index (χ0v) is 34.1. The quantitative estimate of drug-likeness (QED) is 0.0171. The molecule has 4 rings (SSSR count). The molecule has 26 heteroatoms. The SMILES string of the molecule is CC(O)CNc1nc(NCCOCCO)nc(Nc2ccc(C=Cc3ccc(Nc4nc(NCCOCCO)nc(NCC(C)O)n4)cc3S(=O)(=O)O)c(OS(=O)O)c2)n1. The summed E-state index contributed by atoms with van der Waals surface area (Å²) in [5.74, 6) is 0.398. The molecule has 0 saturated carbocycles. The van der Waals surface area contributed by atoms with E-state index >= 15 is 0 Å². The minimum absolute atomic E-state index is 0.0188. The lowest BCUT2D eigenvalue weighted by atomic mass is 10.1. The average molecular weight is 881 g/mol. The van der Waals surface area contributed by atoms with E-state index in [4.69, 9.17) is 23.9 Å². The second-order valence-corrected chi connectivity index (χ2v) is 14.5. The Hall–Kier alpha value is -5.42. The number of aromatic nitrogens is 6. The molecule has 2 heterocycles. The number of aliphatic hydroxyl groups excluding tert-OH is 4. The van der Waals surface area contributed by atoms with Crippen molar-refractivity contribution in [1.82, 2.24) is 29.9 Å². The van der Waals surface area contributed by atoms with Gasteiger partial charge < -0.3 is 66.0 Å². The zero-order chi connectivity index (χ0) is 43.5. The Morgan fingerprint density at radius 1 is 0.667 bits per heavy atom. The van der Waals surface area contributed by atoms with Crippen LogP contribution in [0.4, 0.5) is 47.1 Å². The second kappa shape index (κ2) is 24.0. The summed E-state index contributed by atoms with van der Waals surface area (Å²) in [6.07, 6.45) is 1.31. The molecule has 12 N–H and O–H groups in total. The van der Waals surface area contributed by atoms with Gasteiger partial charge in [0.15, 0.2) is 5.75 Å². The first-order chi connectivity index (χ1) is 28.7. The number of rotatable bonds is 27. The van der Waals surface area contributed by atoms with Crippen molar-refractivity contribution in [3.63, 3.8) is 0 Å². The van der Waals surface area contributed by atoms with Crippen LogP contribution < -0.4 is 36.1 Å². The summed E-state index contributed by atoms with van der Waals surface area (Å²) < 4.78 is 72.4. The van der Waals surface area contributed by atoms with Crippen molar-refractivity contribution >= 4 is 80.7 Å². The van der Waals surface area contributed by atoms with Crippen molar-refractivity contribution in [3.05, 3.63) is 47.5 Å². The molecule has 60 heavy (non-hydrogen) atoms. The van der Waals surface area contributed by atoms with Crippen molar-refractivity contribution in [3.8, 4) is 5.75 Å². The minimum Gasteiger partial charge on any atom is -0.394 e. The standard InChI is InChI=1S/C34H48N12O12S2/c1-21(49)19-37-31-41-29(35-9-13-56-15-11-47)43-33(45-31)39-25-7-5-23(27(17-25)58-59(51)52)3-4-24-6-8-26(18-28(24)60(53,54)55)40-34-44-30(36-10-14-57-16-12-48)42-32(46-34)38-20-22(2)50/h3-8,17-18,21-22,47-50H,9-16,19-20H2,1-2H3,(H,51,52)(H,53,54,55)(H3,35,37,39,41,43,45)(H3,36,38,40,42,44,46). The summed E-state index contributed by atoms with van der Waals surface area (Å²) >= 11 is -2.77. The van der Waals surface area contributed by atoms with Crippen LogP contribution in [0, 0.1) is 0 Å². The Balaban J connectivity index is 1.59. The van der Waals surface area contributed by atoms with Gasteiger partial charge in [-0.1, -0.05) is 18.2 Å². The Morgan fingerprint density at radius 3 is 1.55 bits per heavy atom. The first-order valence-electron chi connectivity index (χ1n) is 18.2. The van der Waals surface area contributed by atoms with Gasteiger partial charge >= 0.3 is 11.4 Å². The molecule has 0 saturated heterocycles. The van der Waals surface area contributed by atoms with Gasteiger partial charge in [0.25, 0.3) is 10.1 Å². The molecule has 2 aromatic carbocycles. The van der Waals surface area contributed by atoms with Gasteiger partial charge in [-0.2, -0.15) is 42.5 Å². The average Bonchev–Trinajstić information content (AvgIpc) is 3.18. The highest BCUT2D eigenvalue weighted by Crippen LogP contribution is 2.30. The van der Waals surface area contributed by atoms with Crippen LogP contribution >= 0.6 is 0 Å². The molecule has 0 aliphatic rings. The van der Waals surface area contributed by atoms with Gasteiger partial charge in [-0.3, -0.25) is 9.11 Å². The molecule has 0 amide bonds. The number of anilines is 8. The maximum Gasteiger partial charge on any atom is 0.357 e. The van der Waals surface area contributed by atoms with Gasteiger partial charge in [-0.15, -0.1) is 0 Å². The van der Waals surface area contributed by atoms with Gasteiger partial charge in [-0.05, 0) is 43.7 Å². The van der Waals surface area contributed by atoms with Crippen molar-refractivity contribution in [2.75, 3.05) is 97.7 Å². The Bertz CT molecular complexity index is 2150. The second-order valence-electron chi connectivity index (χ2n) is 12.5. The van der Waals surface area contributed by atoms with E-state index in [0.717, 1.165) is 6.07 Å². The monoisotopic (exact) mass is 880 g/mol. The highest BCUT2D eigenvalue weighted by Gasteiger charge is 2.17. The van der Waals surface area contributed by atoms with Gasteiger partial charge in [0, 0.05) is 49.2 Å². The lowest BCUT2D eigenvalue weighted by Gasteiger charge is -2.13. The van der Waals surface area contributed by atoms with Crippen LogP contribution in [0.25, 0.3) is 12.2 Å². The first-order valence-corrected chi connectivity index (χ1v) is 20.7. The van der Waals surface area contributed by atoms with E-state index in [0.29, 0.717) is 12.2 Å². The van der Waals surface area contributed by atoms with Gasteiger partial charge in [0.1, 0.15) is 4.90 Å². The van der Waals surface area contributed by atoms with E-state index in [1.165, 1.54) is 36.4 Å². The molecular weight excluding hydrogens is 833 g/mol. The Morgan fingerprint density at radius 2 is 1.10 bits per heavy atom. The molecule has 4 aromatic rings. The predicted octanol–water partition coefficient (Wildman–Crippen LogP) is 0.903. The highest BCUT2D eigenvalue weighted by atomic mass is 32.2. The van der Waals surface area contributed by atoms with Crippen LogP contribution in [0.2, 0.25) is 0 Å². The molecule has 0 radical (unpaired) electrons. The number of aliphatic hydroxyl groups is 4. The number of ether oxygens (including phenoxy) is 2. The van der Waals surface area contributed by atoms with E-state index in [9.17, 15) is 31.9 Å². The molecular formula is C34H48N12O12S2. The van der Waals surface area contributed by atoms with Crippen LogP contribution in [0.5, 0.6) is 5.75 Å².